The number of nitrogens with zero attached hydrogens (tertiary/aromatic N) is 1. The summed E-state index contributed by atoms with van der Waals surface area (Å²) in [5, 5.41) is 7.75. The number of halogens is 1. The molecule has 3 N–H and O–H groups in total. The Hall–Kier alpha value is -1.98. The normalized spacial score (nSPS) is 18.0. The van der Waals surface area contributed by atoms with Crippen LogP contribution in [0.25, 0.3) is 0 Å². The van der Waals surface area contributed by atoms with Crippen LogP contribution < -0.4 is 10.5 Å². The maximum Gasteiger partial charge on any atom is 0.255 e. The Labute approximate surface area is 187 Å². The first kappa shape index (κ1) is 23.7. The van der Waals surface area contributed by atoms with Gasteiger partial charge in [-0.3, -0.25) is 4.79 Å². The number of carbonyl (C=O) groups is 1. The highest BCUT2D eigenvalue weighted by atomic mass is 35.5. The summed E-state index contributed by atoms with van der Waals surface area (Å²) in [7, 11) is -7.56. The van der Waals surface area contributed by atoms with E-state index in [1.165, 1.54) is 28.6 Å². The first-order valence-corrected chi connectivity index (χ1v) is 13.2. The molecule has 11 heteroatoms. The molecule has 168 valence electrons. The number of nitrogens with two attached hydrogens (primary N) is 1. The van der Waals surface area contributed by atoms with Crippen molar-refractivity contribution in [2.45, 2.75) is 30.4 Å². The molecule has 1 aliphatic rings. The summed E-state index contributed by atoms with van der Waals surface area (Å²) in [6.07, 6.45) is 1.74. The molecule has 1 fully saturated rings. The third-order valence-corrected chi connectivity index (χ3v) is 8.07. The number of nitrogens with one attached hydrogen (secondary N) is 1. The Morgan fingerprint density at radius 3 is 2.61 bits per heavy atom. The number of anilines is 1. The highest BCUT2D eigenvalue weighted by Crippen LogP contribution is 2.29. The molecule has 1 saturated heterocycles. The van der Waals surface area contributed by atoms with E-state index in [1.807, 2.05) is 6.92 Å². The van der Waals surface area contributed by atoms with Gasteiger partial charge in [0.1, 0.15) is 4.90 Å². The molecule has 0 aliphatic carbocycles. The summed E-state index contributed by atoms with van der Waals surface area (Å²) in [6.45, 7) is 2.82. The molecule has 1 unspecified atom stereocenters. The lowest BCUT2D eigenvalue weighted by atomic mass is 10.0. The van der Waals surface area contributed by atoms with Crippen LogP contribution >= 0.6 is 11.6 Å². The minimum Gasteiger partial charge on any atom is -0.322 e. The van der Waals surface area contributed by atoms with Crippen molar-refractivity contribution in [1.82, 2.24) is 4.31 Å². The minimum atomic E-state index is -3.84. The smallest absolute Gasteiger partial charge is 0.255 e. The SMILES string of the molecule is CC1CCCN(S(=O)(=O)c2cc(C(=O)Nc3cccc(CS(N)(=O)=O)c3)ccc2Cl)C1. The third-order valence-electron chi connectivity index (χ3n) is 4.98. The molecule has 8 nitrogen and oxygen atoms in total. The highest BCUT2D eigenvalue weighted by molar-refractivity contribution is 7.89. The maximum absolute atomic E-state index is 13.1. The van der Waals surface area contributed by atoms with Crippen LogP contribution in [0.1, 0.15) is 35.7 Å². The highest BCUT2D eigenvalue weighted by Gasteiger charge is 2.31. The van der Waals surface area contributed by atoms with Crippen LogP contribution in [0.2, 0.25) is 5.02 Å². The van der Waals surface area contributed by atoms with Crippen molar-refractivity contribution in [3.05, 3.63) is 58.6 Å². The molecule has 0 spiro atoms. The zero-order chi connectivity index (χ0) is 22.8. The van der Waals surface area contributed by atoms with Gasteiger partial charge in [0.05, 0.1) is 10.8 Å². The van der Waals surface area contributed by atoms with Crippen molar-refractivity contribution in [2.75, 3.05) is 18.4 Å². The summed E-state index contributed by atoms with van der Waals surface area (Å²) in [5.74, 6) is -0.667. The van der Waals surface area contributed by atoms with Gasteiger partial charge < -0.3 is 5.32 Å². The second-order valence-electron chi connectivity index (χ2n) is 7.72. The molecule has 1 atom stereocenters. The summed E-state index contributed by atoms with van der Waals surface area (Å²) < 4.78 is 50.2. The lowest BCUT2D eigenvalue weighted by molar-refractivity contribution is 0.102. The van der Waals surface area contributed by atoms with Crippen molar-refractivity contribution in [2.24, 2.45) is 11.1 Å². The van der Waals surface area contributed by atoms with Crippen LogP contribution in [0.3, 0.4) is 0 Å². The van der Waals surface area contributed by atoms with E-state index in [-0.39, 0.29) is 27.2 Å². The number of primary sulfonamides is 1. The van der Waals surface area contributed by atoms with Crippen molar-refractivity contribution >= 4 is 43.2 Å². The summed E-state index contributed by atoms with van der Waals surface area (Å²) in [4.78, 5) is 12.6. The number of sulfonamides is 2. The zero-order valence-corrected chi connectivity index (χ0v) is 19.3. The van der Waals surface area contributed by atoms with Crippen LogP contribution in [-0.2, 0) is 25.8 Å². The van der Waals surface area contributed by atoms with Crippen LogP contribution in [0.5, 0.6) is 0 Å². The molecular weight excluding hydrogens is 462 g/mol. The molecule has 2 aromatic rings. The van der Waals surface area contributed by atoms with Crippen molar-refractivity contribution in [3.8, 4) is 0 Å². The Bertz CT molecular complexity index is 1200. The molecule has 1 amide bonds. The number of rotatable bonds is 6. The molecule has 1 aliphatic heterocycles. The topological polar surface area (TPSA) is 127 Å². The van der Waals surface area contributed by atoms with E-state index in [0.29, 0.717) is 24.3 Å². The molecule has 0 radical (unpaired) electrons. The summed E-state index contributed by atoms with van der Waals surface area (Å²) >= 11 is 6.18. The molecule has 2 aromatic carbocycles. The van der Waals surface area contributed by atoms with E-state index in [4.69, 9.17) is 16.7 Å². The molecule has 0 bridgehead atoms. The van der Waals surface area contributed by atoms with Gasteiger partial charge in [-0.05, 0) is 54.7 Å². The Kier molecular flexibility index (Phi) is 7.07. The molecule has 0 aromatic heterocycles. The van der Waals surface area contributed by atoms with Gasteiger partial charge in [0, 0.05) is 24.3 Å². The molecular formula is C20H24ClN3O5S2. The van der Waals surface area contributed by atoms with Gasteiger partial charge in [-0.15, -0.1) is 0 Å². The number of carbonyl (C=O) groups excluding carboxylic acids is 1. The monoisotopic (exact) mass is 485 g/mol. The fourth-order valence-electron chi connectivity index (χ4n) is 3.52. The molecule has 3 rings (SSSR count). The Morgan fingerprint density at radius 2 is 1.94 bits per heavy atom. The van der Waals surface area contributed by atoms with Crippen LogP contribution in [0, 0.1) is 5.92 Å². The van der Waals surface area contributed by atoms with Gasteiger partial charge in [0.25, 0.3) is 5.91 Å². The van der Waals surface area contributed by atoms with Gasteiger partial charge in [-0.2, -0.15) is 4.31 Å². The summed E-state index contributed by atoms with van der Waals surface area (Å²) in [6, 6.07) is 10.3. The van der Waals surface area contributed by atoms with Crippen molar-refractivity contribution < 1.29 is 21.6 Å². The van der Waals surface area contributed by atoms with E-state index in [1.54, 1.807) is 18.2 Å². The predicted octanol–water partition coefficient (Wildman–Crippen LogP) is 2.80. The largest absolute Gasteiger partial charge is 0.322 e. The van der Waals surface area contributed by atoms with Gasteiger partial charge >= 0.3 is 0 Å². The number of benzene rings is 2. The second kappa shape index (κ2) is 9.25. The quantitative estimate of drug-likeness (QED) is 0.650. The van der Waals surface area contributed by atoms with E-state index >= 15 is 0 Å². The lowest BCUT2D eigenvalue weighted by Crippen LogP contribution is -2.39. The van der Waals surface area contributed by atoms with E-state index < -0.39 is 26.0 Å². The first-order valence-electron chi connectivity index (χ1n) is 9.66. The lowest BCUT2D eigenvalue weighted by Gasteiger charge is -2.30. The second-order valence-corrected chi connectivity index (χ2v) is 11.6. The van der Waals surface area contributed by atoms with Crippen molar-refractivity contribution in [1.29, 1.82) is 0 Å². The summed E-state index contributed by atoms with van der Waals surface area (Å²) in [5.41, 5.74) is 0.888. The third kappa shape index (κ3) is 6.05. The number of amides is 1. The zero-order valence-electron chi connectivity index (χ0n) is 16.9. The average Bonchev–Trinajstić information content (AvgIpc) is 2.67. The van der Waals surface area contributed by atoms with Gasteiger partial charge in [-0.25, -0.2) is 22.0 Å². The van der Waals surface area contributed by atoms with Gasteiger partial charge in [0.2, 0.25) is 20.0 Å². The Balaban J connectivity index is 1.84. The number of hydrogen-bond donors (Lipinski definition) is 2. The van der Waals surface area contributed by atoms with Crippen LogP contribution in [0.15, 0.2) is 47.4 Å². The van der Waals surface area contributed by atoms with Crippen LogP contribution in [-0.4, -0.2) is 40.1 Å². The number of piperidine rings is 1. The first-order chi connectivity index (χ1) is 14.5. The molecule has 31 heavy (non-hydrogen) atoms. The maximum atomic E-state index is 13.1. The standard InChI is InChI=1S/C20H24ClN3O5S2/c1-14-4-3-9-24(12-14)31(28,29)19-11-16(7-8-18(19)21)20(25)23-17-6-2-5-15(10-17)13-30(22,26)27/h2,5-8,10-11,14H,3-4,9,12-13H2,1H3,(H,23,25)(H2,22,26,27). The van der Waals surface area contributed by atoms with Crippen molar-refractivity contribution in [3.63, 3.8) is 0 Å². The fraction of sp³-hybridized carbons (Fsp3) is 0.350. The van der Waals surface area contributed by atoms with Gasteiger partial charge in [-0.1, -0.05) is 30.7 Å². The average molecular weight is 486 g/mol. The van der Waals surface area contributed by atoms with Gasteiger partial charge in [0.15, 0.2) is 0 Å². The molecule has 1 heterocycles. The molecule has 0 saturated carbocycles. The predicted molar refractivity (Wildman–Crippen MR) is 120 cm³/mol. The minimum absolute atomic E-state index is 0.0462. The van der Waals surface area contributed by atoms with E-state index in [0.717, 1.165) is 12.8 Å². The number of hydrogen-bond acceptors (Lipinski definition) is 5. The Morgan fingerprint density at radius 1 is 1.19 bits per heavy atom. The fourth-order valence-corrected chi connectivity index (χ4v) is 6.26. The van der Waals surface area contributed by atoms with Crippen LogP contribution in [0.4, 0.5) is 5.69 Å². The van der Waals surface area contributed by atoms with E-state index in [2.05, 4.69) is 5.32 Å². The van der Waals surface area contributed by atoms with E-state index in [9.17, 15) is 21.6 Å².